The standard InChI is InChI=1S/C12H12BrClO/c1-2-3-4-5-12(15)9-6-7-10(13)11(14)8-9/h6-8,12,15H,4-5H2,1H3. The molecule has 1 aromatic rings. The minimum Gasteiger partial charge on any atom is -0.388 e. The van der Waals surface area contributed by atoms with Gasteiger partial charge in [-0.3, -0.25) is 0 Å². The van der Waals surface area contributed by atoms with Gasteiger partial charge in [-0.15, -0.1) is 11.8 Å². The van der Waals surface area contributed by atoms with E-state index in [1.807, 2.05) is 12.1 Å². The minimum absolute atomic E-state index is 0.489. The van der Waals surface area contributed by atoms with E-state index in [-0.39, 0.29) is 0 Å². The molecule has 0 saturated heterocycles. The second-order valence-corrected chi connectivity index (χ2v) is 4.42. The molecule has 0 fully saturated rings. The molecule has 1 rings (SSSR count). The molecule has 1 aromatic carbocycles. The van der Waals surface area contributed by atoms with Crippen LogP contribution in [-0.4, -0.2) is 5.11 Å². The van der Waals surface area contributed by atoms with Gasteiger partial charge in [0.1, 0.15) is 0 Å². The van der Waals surface area contributed by atoms with E-state index in [4.69, 9.17) is 11.6 Å². The van der Waals surface area contributed by atoms with Crippen LogP contribution in [0, 0.1) is 11.8 Å². The maximum absolute atomic E-state index is 9.82. The van der Waals surface area contributed by atoms with Crippen LogP contribution in [0.15, 0.2) is 22.7 Å². The van der Waals surface area contributed by atoms with E-state index in [0.29, 0.717) is 17.9 Å². The Morgan fingerprint density at radius 3 is 2.87 bits per heavy atom. The number of hydrogen-bond donors (Lipinski definition) is 1. The Balaban J connectivity index is 2.68. The first-order valence-electron chi connectivity index (χ1n) is 4.67. The van der Waals surface area contributed by atoms with Crippen LogP contribution in [-0.2, 0) is 0 Å². The molecule has 0 heterocycles. The third-order valence-corrected chi connectivity index (χ3v) is 3.28. The van der Waals surface area contributed by atoms with Crippen molar-refractivity contribution in [3.63, 3.8) is 0 Å². The average Bonchev–Trinajstić information content (AvgIpc) is 2.22. The highest BCUT2D eigenvalue weighted by molar-refractivity contribution is 9.10. The van der Waals surface area contributed by atoms with Gasteiger partial charge in [-0.05, 0) is 47.0 Å². The van der Waals surface area contributed by atoms with E-state index in [1.54, 1.807) is 13.0 Å². The largest absolute Gasteiger partial charge is 0.388 e. The molecule has 0 saturated carbocycles. The van der Waals surface area contributed by atoms with E-state index in [2.05, 4.69) is 27.8 Å². The van der Waals surface area contributed by atoms with Crippen LogP contribution in [0.3, 0.4) is 0 Å². The summed E-state index contributed by atoms with van der Waals surface area (Å²) < 4.78 is 0.841. The van der Waals surface area contributed by atoms with Gasteiger partial charge in [0, 0.05) is 10.9 Å². The summed E-state index contributed by atoms with van der Waals surface area (Å²) in [7, 11) is 0. The van der Waals surface area contributed by atoms with Crippen molar-refractivity contribution in [2.75, 3.05) is 0 Å². The molecule has 1 nitrogen and oxygen atoms in total. The molecular formula is C12H12BrClO. The SMILES string of the molecule is CC#CCCC(O)c1ccc(Br)c(Cl)c1. The topological polar surface area (TPSA) is 20.2 Å². The van der Waals surface area contributed by atoms with Gasteiger partial charge < -0.3 is 5.11 Å². The second-order valence-electron chi connectivity index (χ2n) is 3.15. The van der Waals surface area contributed by atoms with Crippen molar-refractivity contribution >= 4 is 27.5 Å². The molecule has 0 bridgehead atoms. The summed E-state index contributed by atoms with van der Waals surface area (Å²) in [6.07, 6.45) is 0.848. The van der Waals surface area contributed by atoms with Crippen molar-refractivity contribution in [2.45, 2.75) is 25.9 Å². The predicted molar refractivity (Wildman–Crippen MR) is 66.8 cm³/mol. The molecule has 80 valence electrons. The molecule has 1 N–H and O–H groups in total. The fourth-order valence-electron chi connectivity index (χ4n) is 1.22. The molecule has 0 aliphatic carbocycles. The van der Waals surface area contributed by atoms with Gasteiger partial charge >= 0.3 is 0 Å². The normalized spacial score (nSPS) is 11.7. The van der Waals surface area contributed by atoms with Gasteiger partial charge in [-0.2, -0.15) is 0 Å². The van der Waals surface area contributed by atoms with Crippen LogP contribution in [0.1, 0.15) is 31.4 Å². The van der Waals surface area contributed by atoms with Crippen LogP contribution in [0.4, 0.5) is 0 Å². The molecule has 0 aromatic heterocycles. The number of rotatable bonds is 3. The molecule has 0 aliphatic heterocycles. The van der Waals surface area contributed by atoms with Gasteiger partial charge in [0.15, 0.2) is 0 Å². The Labute approximate surface area is 104 Å². The summed E-state index contributed by atoms with van der Waals surface area (Å²) in [5, 5.41) is 10.4. The summed E-state index contributed by atoms with van der Waals surface area (Å²) in [4.78, 5) is 0. The van der Waals surface area contributed by atoms with E-state index in [1.165, 1.54) is 0 Å². The Kier molecular flexibility index (Phi) is 5.17. The number of aliphatic hydroxyl groups is 1. The summed E-state index contributed by atoms with van der Waals surface area (Å²) in [6, 6.07) is 5.47. The highest BCUT2D eigenvalue weighted by Gasteiger charge is 2.08. The number of hydrogen-bond acceptors (Lipinski definition) is 1. The van der Waals surface area contributed by atoms with E-state index < -0.39 is 6.10 Å². The monoisotopic (exact) mass is 286 g/mol. The summed E-state index contributed by atoms with van der Waals surface area (Å²) in [6.45, 7) is 1.79. The van der Waals surface area contributed by atoms with Crippen molar-refractivity contribution in [1.29, 1.82) is 0 Å². The van der Waals surface area contributed by atoms with Crippen molar-refractivity contribution in [2.24, 2.45) is 0 Å². The van der Waals surface area contributed by atoms with Gasteiger partial charge in [0.25, 0.3) is 0 Å². The molecule has 0 spiro atoms. The van der Waals surface area contributed by atoms with Gasteiger partial charge in [-0.25, -0.2) is 0 Å². The average molecular weight is 288 g/mol. The van der Waals surface area contributed by atoms with Crippen LogP contribution < -0.4 is 0 Å². The molecule has 0 amide bonds. The van der Waals surface area contributed by atoms with Crippen molar-refractivity contribution in [3.05, 3.63) is 33.3 Å². The molecule has 0 aliphatic rings. The Hall–Kier alpha value is -0.490. The zero-order valence-corrected chi connectivity index (χ0v) is 10.8. The Morgan fingerprint density at radius 2 is 2.27 bits per heavy atom. The summed E-state index contributed by atoms with van der Waals surface area (Å²) in [5.41, 5.74) is 0.834. The lowest BCUT2D eigenvalue weighted by atomic mass is 10.1. The lowest BCUT2D eigenvalue weighted by Crippen LogP contribution is -1.96. The Morgan fingerprint density at radius 1 is 1.53 bits per heavy atom. The van der Waals surface area contributed by atoms with Crippen LogP contribution in [0.2, 0.25) is 5.02 Å². The molecule has 0 radical (unpaired) electrons. The first-order valence-corrected chi connectivity index (χ1v) is 5.85. The third-order valence-electron chi connectivity index (χ3n) is 2.05. The van der Waals surface area contributed by atoms with Gasteiger partial charge in [0.05, 0.1) is 11.1 Å². The van der Waals surface area contributed by atoms with Crippen molar-refractivity contribution < 1.29 is 5.11 Å². The molecule has 1 atom stereocenters. The van der Waals surface area contributed by atoms with Gasteiger partial charge in [-0.1, -0.05) is 17.7 Å². The van der Waals surface area contributed by atoms with E-state index >= 15 is 0 Å². The first kappa shape index (κ1) is 12.6. The Bertz CT molecular complexity index is 392. The quantitative estimate of drug-likeness (QED) is 0.835. The number of aliphatic hydroxyl groups excluding tert-OH is 1. The fourth-order valence-corrected chi connectivity index (χ4v) is 1.66. The smallest absolute Gasteiger partial charge is 0.0799 e. The van der Waals surface area contributed by atoms with Crippen LogP contribution >= 0.6 is 27.5 Å². The highest BCUT2D eigenvalue weighted by atomic mass is 79.9. The van der Waals surface area contributed by atoms with E-state index in [0.717, 1.165) is 10.0 Å². The molecule has 1 unspecified atom stereocenters. The zero-order chi connectivity index (χ0) is 11.3. The lowest BCUT2D eigenvalue weighted by Gasteiger charge is -2.09. The maximum atomic E-state index is 9.82. The first-order chi connectivity index (χ1) is 7.15. The molecular weight excluding hydrogens is 275 g/mol. The highest BCUT2D eigenvalue weighted by Crippen LogP contribution is 2.27. The maximum Gasteiger partial charge on any atom is 0.0799 e. The van der Waals surface area contributed by atoms with Crippen LogP contribution in [0.25, 0.3) is 0 Å². The van der Waals surface area contributed by atoms with E-state index in [9.17, 15) is 5.11 Å². The minimum atomic E-state index is -0.489. The predicted octanol–water partition coefficient (Wildman–Crippen LogP) is 3.94. The third kappa shape index (κ3) is 3.87. The summed E-state index contributed by atoms with van der Waals surface area (Å²) >= 11 is 9.24. The van der Waals surface area contributed by atoms with Crippen molar-refractivity contribution in [1.82, 2.24) is 0 Å². The molecule has 15 heavy (non-hydrogen) atoms. The van der Waals surface area contributed by atoms with Crippen LogP contribution in [0.5, 0.6) is 0 Å². The van der Waals surface area contributed by atoms with Crippen molar-refractivity contribution in [3.8, 4) is 11.8 Å². The zero-order valence-electron chi connectivity index (χ0n) is 8.43. The second kappa shape index (κ2) is 6.17. The lowest BCUT2D eigenvalue weighted by molar-refractivity contribution is 0.169. The number of benzene rings is 1. The summed E-state index contributed by atoms with van der Waals surface area (Å²) in [5.74, 6) is 5.72. The molecule has 3 heteroatoms. The fraction of sp³-hybridized carbons (Fsp3) is 0.333. The van der Waals surface area contributed by atoms with Gasteiger partial charge in [0.2, 0.25) is 0 Å². The number of halogens is 2.